The predicted molar refractivity (Wildman–Crippen MR) is 270 cm³/mol. The van der Waals surface area contributed by atoms with Gasteiger partial charge in [0.15, 0.2) is 0 Å². The van der Waals surface area contributed by atoms with Crippen LogP contribution in [0.3, 0.4) is 0 Å². The normalized spacial score (nSPS) is 11.5. The molecule has 3 heteroatoms. The van der Waals surface area contributed by atoms with Crippen LogP contribution in [0.25, 0.3) is 92.2 Å². The van der Waals surface area contributed by atoms with Crippen molar-refractivity contribution < 1.29 is 0 Å². The molecule has 0 aliphatic heterocycles. The molecule has 0 saturated carbocycles. The van der Waals surface area contributed by atoms with Crippen molar-refractivity contribution >= 4 is 70.4 Å². The Morgan fingerprint density at radius 1 is 0.302 bits per heavy atom. The van der Waals surface area contributed by atoms with E-state index in [-0.39, 0.29) is 0 Å². The average molecular weight is 821 g/mol. The predicted octanol–water partition coefficient (Wildman–Crippen LogP) is 17.3. The lowest BCUT2D eigenvalue weighted by Gasteiger charge is -2.27. The summed E-state index contributed by atoms with van der Waals surface area (Å²) in [6, 6.07) is 88.4. The number of para-hydroxylation sites is 2. The molecule has 2 nitrogen and oxygen atoms in total. The van der Waals surface area contributed by atoms with Crippen LogP contribution >= 0.6 is 11.3 Å². The fourth-order valence-corrected chi connectivity index (χ4v) is 10.8. The zero-order chi connectivity index (χ0) is 41.7. The maximum Gasteiger partial charge on any atom is 0.0561 e. The molecule has 0 aliphatic rings. The highest BCUT2D eigenvalue weighted by atomic mass is 32.1. The third kappa shape index (κ3) is 6.41. The van der Waals surface area contributed by atoms with E-state index in [1.807, 2.05) is 11.3 Å². The summed E-state index contributed by atoms with van der Waals surface area (Å²) >= 11 is 1.88. The molecule has 296 valence electrons. The molecule has 2 aromatic heterocycles. The van der Waals surface area contributed by atoms with Gasteiger partial charge >= 0.3 is 0 Å². The second kappa shape index (κ2) is 15.5. The van der Waals surface area contributed by atoms with Crippen molar-refractivity contribution in [3.63, 3.8) is 0 Å². The van der Waals surface area contributed by atoms with E-state index in [9.17, 15) is 0 Å². The Kier molecular flexibility index (Phi) is 9.06. The SMILES string of the molecule is c1ccc(-c2ccc(-n3c4ccccc4c4ccc(N(c5ccccc5)c5ccc(-c6cccc7c6sc6ccccc67)c(-c6ccccc6)c5)cc43)cc2-c2ccccc2)cc1. The van der Waals surface area contributed by atoms with Crippen molar-refractivity contribution in [2.75, 3.05) is 4.90 Å². The number of aromatic nitrogens is 1. The third-order valence-electron chi connectivity index (χ3n) is 12.4. The Bertz CT molecular complexity index is 3610. The molecule has 0 atom stereocenters. The Hall–Kier alpha value is -7.98. The Morgan fingerprint density at radius 3 is 1.57 bits per heavy atom. The van der Waals surface area contributed by atoms with Crippen molar-refractivity contribution in [3.05, 3.63) is 243 Å². The molecule has 10 aromatic carbocycles. The second-order valence-electron chi connectivity index (χ2n) is 16.1. The quantitative estimate of drug-likeness (QED) is 0.148. The minimum absolute atomic E-state index is 1.08. The lowest BCUT2D eigenvalue weighted by atomic mass is 9.92. The van der Waals surface area contributed by atoms with E-state index in [2.05, 4.69) is 252 Å². The number of thiophene rings is 1. The van der Waals surface area contributed by atoms with Crippen molar-refractivity contribution in [2.45, 2.75) is 0 Å². The molecule has 0 N–H and O–H groups in total. The first-order chi connectivity index (χ1) is 31.3. The van der Waals surface area contributed by atoms with Crippen LogP contribution < -0.4 is 4.90 Å². The summed E-state index contributed by atoms with van der Waals surface area (Å²) < 4.78 is 5.07. The van der Waals surface area contributed by atoms with E-state index in [0.29, 0.717) is 0 Å². The second-order valence-corrected chi connectivity index (χ2v) is 17.1. The molecule has 0 radical (unpaired) electrons. The van der Waals surface area contributed by atoms with Gasteiger partial charge < -0.3 is 9.47 Å². The van der Waals surface area contributed by atoms with Crippen LogP contribution in [-0.2, 0) is 0 Å². The molecular weight excluding hydrogens is 781 g/mol. The van der Waals surface area contributed by atoms with Crippen LogP contribution in [0.15, 0.2) is 243 Å². The van der Waals surface area contributed by atoms with Crippen molar-refractivity contribution in [3.8, 4) is 50.2 Å². The highest BCUT2D eigenvalue weighted by Gasteiger charge is 2.21. The van der Waals surface area contributed by atoms with Crippen molar-refractivity contribution in [1.29, 1.82) is 0 Å². The molecule has 12 aromatic rings. The van der Waals surface area contributed by atoms with E-state index in [1.165, 1.54) is 81.0 Å². The number of fused-ring (bicyclic) bond motifs is 6. The standard InChI is InChI=1S/C60H40N2S/c1-5-18-41(19-6-1)48-35-32-46(39-55(48)42-20-7-2-8-21-42)62-57-30-15-13-26-50(57)51-37-34-47(40-58(51)62)61(44-24-11-4-12-25-44)45-33-36-49(56(38-45)43-22-9-3-10-23-43)53-28-17-29-54-52-27-14-16-31-59(52)63-60(53)54/h1-40H. The molecule has 0 amide bonds. The molecular formula is C60H40N2S. The molecule has 2 heterocycles. The highest BCUT2D eigenvalue weighted by Crippen LogP contribution is 2.46. The summed E-state index contributed by atoms with van der Waals surface area (Å²) in [5.74, 6) is 0. The number of hydrogen-bond donors (Lipinski definition) is 0. The molecule has 0 aliphatic carbocycles. The van der Waals surface area contributed by atoms with Crippen molar-refractivity contribution in [1.82, 2.24) is 4.57 Å². The smallest absolute Gasteiger partial charge is 0.0561 e. The molecule has 63 heavy (non-hydrogen) atoms. The Labute approximate surface area is 370 Å². The largest absolute Gasteiger partial charge is 0.310 e. The van der Waals surface area contributed by atoms with Gasteiger partial charge in [-0.25, -0.2) is 0 Å². The number of nitrogens with zero attached hydrogens (tertiary/aromatic N) is 2. The van der Waals surface area contributed by atoms with Crippen LogP contribution in [0.5, 0.6) is 0 Å². The number of anilines is 3. The minimum Gasteiger partial charge on any atom is -0.310 e. The number of rotatable bonds is 8. The lowest BCUT2D eigenvalue weighted by molar-refractivity contribution is 1.18. The van der Waals surface area contributed by atoms with Gasteiger partial charge in [-0.15, -0.1) is 11.3 Å². The summed E-state index contributed by atoms with van der Waals surface area (Å²) in [6.07, 6.45) is 0. The van der Waals surface area contributed by atoms with Gasteiger partial charge in [-0.3, -0.25) is 0 Å². The Morgan fingerprint density at radius 2 is 0.841 bits per heavy atom. The summed E-state index contributed by atoms with van der Waals surface area (Å²) in [6.45, 7) is 0. The van der Waals surface area contributed by atoms with E-state index < -0.39 is 0 Å². The molecule has 0 unspecified atom stereocenters. The van der Waals surface area contributed by atoms with Crippen molar-refractivity contribution in [2.24, 2.45) is 0 Å². The van der Waals surface area contributed by atoms with Crippen LogP contribution in [-0.4, -0.2) is 4.57 Å². The van der Waals surface area contributed by atoms with Gasteiger partial charge in [0.25, 0.3) is 0 Å². The maximum atomic E-state index is 2.45. The van der Waals surface area contributed by atoms with Crippen LogP contribution in [0, 0.1) is 0 Å². The zero-order valence-corrected chi connectivity index (χ0v) is 35.2. The minimum atomic E-state index is 1.08. The topological polar surface area (TPSA) is 8.17 Å². The molecule has 12 rings (SSSR count). The average Bonchev–Trinajstić information content (AvgIpc) is 3.91. The van der Waals surface area contributed by atoms with Gasteiger partial charge in [0, 0.05) is 59.3 Å². The molecule has 0 saturated heterocycles. The molecule has 0 bridgehead atoms. The van der Waals surface area contributed by atoms with Gasteiger partial charge in [0.2, 0.25) is 0 Å². The van der Waals surface area contributed by atoms with Gasteiger partial charge in [-0.1, -0.05) is 182 Å². The number of hydrogen-bond acceptors (Lipinski definition) is 2. The molecule has 0 spiro atoms. The first kappa shape index (κ1) is 36.8. The monoisotopic (exact) mass is 820 g/mol. The van der Waals surface area contributed by atoms with E-state index in [4.69, 9.17) is 0 Å². The molecule has 0 fully saturated rings. The van der Waals surface area contributed by atoms with Gasteiger partial charge in [0.1, 0.15) is 0 Å². The number of benzene rings is 10. The fraction of sp³-hybridized carbons (Fsp3) is 0. The van der Waals surface area contributed by atoms with E-state index >= 15 is 0 Å². The maximum absolute atomic E-state index is 2.45. The summed E-state index contributed by atoms with van der Waals surface area (Å²) in [5.41, 5.74) is 16.4. The van der Waals surface area contributed by atoms with Crippen LogP contribution in [0.2, 0.25) is 0 Å². The summed E-state index contributed by atoms with van der Waals surface area (Å²) in [5, 5.41) is 5.05. The van der Waals surface area contributed by atoms with Crippen LogP contribution in [0.1, 0.15) is 0 Å². The summed E-state index contributed by atoms with van der Waals surface area (Å²) in [7, 11) is 0. The van der Waals surface area contributed by atoms with Crippen LogP contribution in [0.4, 0.5) is 17.1 Å². The van der Waals surface area contributed by atoms with E-state index in [0.717, 1.165) is 28.3 Å². The first-order valence-electron chi connectivity index (χ1n) is 21.5. The Balaban J connectivity index is 1.07. The summed E-state index contributed by atoms with van der Waals surface area (Å²) in [4.78, 5) is 2.41. The van der Waals surface area contributed by atoms with Gasteiger partial charge in [-0.05, 0) is 99.6 Å². The van der Waals surface area contributed by atoms with E-state index in [1.54, 1.807) is 0 Å². The highest BCUT2D eigenvalue weighted by molar-refractivity contribution is 7.26. The first-order valence-corrected chi connectivity index (χ1v) is 22.3. The van der Waals surface area contributed by atoms with Gasteiger partial charge in [0.05, 0.1) is 11.0 Å². The fourth-order valence-electron chi connectivity index (χ4n) is 9.52. The zero-order valence-electron chi connectivity index (χ0n) is 34.4. The third-order valence-corrected chi connectivity index (χ3v) is 13.6. The lowest BCUT2D eigenvalue weighted by Crippen LogP contribution is -2.10. The van der Waals surface area contributed by atoms with Gasteiger partial charge in [-0.2, -0.15) is 0 Å².